The molecule has 1 saturated heterocycles. The Hall–Kier alpha value is -2.48. The van der Waals surface area contributed by atoms with Gasteiger partial charge < -0.3 is 4.90 Å². The van der Waals surface area contributed by atoms with E-state index in [0.29, 0.717) is 11.6 Å². The first-order valence-electron chi connectivity index (χ1n) is 9.15. The van der Waals surface area contributed by atoms with E-state index in [-0.39, 0.29) is 5.56 Å². The van der Waals surface area contributed by atoms with Gasteiger partial charge in [-0.1, -0.05) is 11.6 Å². The monoisotopic (exact) mass is 411 g/mol. The highest BCUT2D eigenvalue weighted by atomic mass is 35.5. The highest BCUT2D eigenvalue weighted by Gasteiger charge is 2.20. The van der Waals surface area contributed by atoms with Crippen molar-refractivity contribution in [1.82, 2.24) is 19.3 Å². The second kappa shape index (κ2) is 7.16. The number of pyridine rings is 1. The summed E-state index contributed by atoms with van der Waals surface area (Å²) in [4.78, 5) is 26.7. The van der Waals surface area contributed by atoms with Crippen LogP contribution in [0.25, 0.3) is 15.9 Å². The Kier molecular flexibility index (Phi) is 4.50. The first-order chi connectivity index (χ1) is 13.7. The lowest BCUT2D eigenvalue weighted by atomic mass is 10.1. The average molecular weight is 412 g/mol. The van der Waals surface area contributed by atoms with Crippen molar-refractivity contribution in [2.45, 2.75) is 6.54 Å². The summed E-state index contributed by atoms with van der Waals surface area (Å²) in [5.41, 5.74) is 2.94. The Bertz CT molecular complexity index is 1210. The molecule has 0 N–H and O–H groups in total. The van der Waals surface area contributed by atoms with Crippen LogP contribution in [0.2, 0.25) is 5.02 Å². The highest BCUT2D eigenvalue weighted by molar-refractivity contribution is 7.15. The number of nitrogens with zero attached hydrogens (tertiary/aromatic N) is 5. The van der Waals surface area contributed by atoms with Gasteiger partial charge >= 0.3 is 0 Å². The van der Waals surface area contributed by atoms with Gasteiger partial charge in [0.25, 0.3) is 5.56 Å². The van der Waals surface area contributed by atoms with Crippen molar-refractivity contribution >= 4 is 44.5 Å². The van der Waals surface area contributed by atoms with Gasteiger partial charge in [0.1, 0.15) is 0 Å². The number of benzene rings is 1. The predicted octanol–water partition coefficient (Wildman–Crippen LogP) is 3.28. The van der Waals surface area contributed by atoms with Crippen LogP contribution >= 0.6 is 22.9 Å². The number of rotatable bonds is 3. The van der Waals surface area contributed by atoms with Gasteiger partial charge in [-0.25, -0.2) is 4.98 Å². The molecule has 5 rings (SSSR count). The van der Waals surface area contributed by atoms with Gasteiger partial charge in [-0.15, -0.1) is 11.3 Å². The summed E-state index contributed by atoms with van der Waals surface area (Å²) in [6.45, 7) is 4.37. The molecule has 0 bridgehead atoms. The molecule has 4 heterocycles. The zero-order valence-corrected chi connectivity index (χ0v) is 16.7. The zero-order chi connectivity index (χ0) is 19.1. The van der Waals surface area contributed by atoms with Crippen molar-refractivity contribution < 1.29 is 0 Å². The van der Waals surface area contributed by atoms with Crippen molar-refractivity contribution in [3.63, 3.8) is 0 Å². The number of halogens is 1. The molecule has 28 heavy (non-hydrogen) atoms. The van der Waals surface area contributed by atoms with E-state index in [0.717, 1.165) is 47.7 Å². The van der Waals surface area contributed by atoms with E-state index in [9.17, 15) is 4.79 Å². The van der Waals surface area contributed by atoms with Crippen molar-refractivity contribution in [2.75, 3.05) is 31.1 Å². The Morgan fingerprint density at radius 1 is 1.11 bits per heavy atom. The third-order valence-electron chi connectivity index (χ3n) is 5.14. The summed E-state index contributed by atoms with van der Waals surface area (Å²) in [5.74, 6) is 0. The van der Waals surface area contributed by atoms with Crippen LogP contribution in [0.5, 0.6) is 0 Å². The molecule has 0 amide bonds. The van der Waals surface area contributed by atoms with Crippen LogP contribution in [0.3, 0.4) is 0 Å². The van der Waals surface area contributed by atoms with Crippen molar-refractivity contribution in [1.29, 1.82) is 0 Å². The number of aromatic nitrogens is 3. The maximum absolute atomic E-state index is 12.2. The number of fused-ring (bicyclic) bond motifs is 2. The second-order valence-corrected chi connectivity index (χ2v) is 8.21. The third kappa shape index (κ3) is 3.26. The van der Waals surface area contributed by atoms with Crippen LogP contribution in [-0.4, -0.2) is 45.4 Å². The molecule has 4 aromatic rings. The summed E-state index contributed by atoms with van der Waals surface area (Å²) < 4.78 is 1.59. The fourth-order valence-corrected chi connectivity index (χ4v) is 4.63. The minimum atomic E-state index is -0.0122. The van der Waals surface area contributed by atoms with E-state index in [1.54, 1.807) is 16.7 Å². The molecular weight excluding hydrogens is 394 g/mol. The molecular formula is C20H18ClN5OS. The first-order valence-corrected chi connectivity index (χ1v) is 10.4. The molecule has 8 heteroatoms. The van der Waals surface area contributed by atoms with E-state index >= 15 is 0 Å². The smallest absolute Gasteiger partial charge is 0.258 e. The maximum Gasteiger partial charge on any atom is 0.258 e. The number of hydrogen-bond donors (Lipinski definition) is 0. The molecule has 0 spiro atoms. The van der Waals surface area contributed by atoms with E-state index in [4.69, 9.17) is 11.6 Å². The largest absolute Gasteiger partial charge is 0.368 e. The maximum atomic E-state index is 12.2. The minimum absolute atomic E-state index is 0.0122. The summed E-state index contributed by atoms with van der Waals surface area (Å²) in [6, 6.07) is 9.57. The van der Waals surface area contributed by atoms with E-state index in [2.05, 4.69) is 25.8 Å². The summed E-state index contributed by atoms with van der Waals surface area (Å²) >= 11 is 7.59. The fraction of sp³-hybridized carbons (Fsp3) is 0.250. The predicted molar refractivity (Wildman–Crippen MR) is 114 cm³/mol. The summed E-state index contributed by atoms with van der Waals surface area (Å²) in [7, 11) is 0. The number of anilines is 1. The third-order valence-corrected chi connectivity index (χ3v) is 6.13. The van der Waals surface area contributed by atoms with E-state index < -0.39 is 0 Å². The van der Waals surface area contributed by atoms with Crippen LogP contribution in [0, 0.1) is 0 Å². The van der Waals surface area contributed by atoms with Crippen LogP contribution in [-0.2, 0) is 6.54 Å². The molecule has 1 fully saturated rings. The fourth-order valence-electron chi connectivity index (χ4n) is 3.73. The molecule has 1 aliphatic heterocycles. The lowest BCUT2D eigenvalue weighted by Crippen LogP contribution is -2.46. The SMILES string of the molecule is O=c1cc(CN2CCN(c3ccnc4cc(Cl)ccc34)CC2)nc2sccn12. The van der Waals surface area contributed by atoms with Crippen LogP contribution < -0.4 is 10.5 Å². The molecule has 0 atom stereocenters. The molecule has 142 valence electrons. The quantitative estimate of drug-likeness (QED) is 0.518. The van der Waals surface area contributed by atoms with Gasteiger partial charge in [0.05, 0.1) is 11.2 Å². The average Bonchev–Trinajstić information content (AvgIpc) is 3.17. The molecule has 3 aromatic heterocycles. The molecule has 0 radical (unpaired) electrons. The van der Waals surface area contributed by atoms with E-state index in [1.165, 1.54) is 17.0 Å². The minimum Gasteiger partial charge on any atom is -0.368 e. The number of thiazole rings is 1. The Morgan fingerprint density at radius 3 is 2.82 bits per heavy atom. The zero-order valence-electron chi connectivity index (χ0n) is 15.1. The Labute approximate surface area is 170 Å². The van der Waals surface area contributed by atoms with Crippen LogP contribution in [0.1, 0.15) is 5.69 Å². The van der Waals surface area contributed by atoms with Crippen molar-refractivity contribution in [2.24, 2.45) is 0 Å². The molecule has 6 nitrogen and oxygen atoms in total. The molecule has 0 aliphatic carbocycles. The number of hydrogen-bond acceptors (Lipinski definition) is 6. The lowest BCUT2D eigenvalue weighted by Gasteiger charge is -2.36. The van der Waals surface area contributed by atoms with Crippen LogP contribution in [0.4, 0.5) is 5.69 Å². The lowest BCUT2D eigenvalue weighted by molar-refractivity contribution is 0.247. The van der Waals surface area contributed by atoms with Gasteiger partial charge in [-0.3, -0.25) is 19.1 Å². The Balaban J connectivity index is 1.32. The van der Waals surface area contributed by atoms with Crippen molar-refractivity contribution in [3.05, 3.63) is 69.2 Å². The molecule has 0 unspecified atom stereocenters. The summed E-state index contributed by atoms with van der Waals surface area (Å²) in [6.07, 6.45) is 3.61. The van der Waals surface area contributed by atoms with E-state index in [1.807, 2.05) is 29.8 Å². The van der Waals surface area contributed by atoms with Gasteiger partial charge in [-0.2, -0.15) is 0 Å². The Morgan fingerprint density at radius 2 is 1.96 bits per heavy atom. The van der Waals surface area contributed by atoms with Gasteiger partial charge in [0, 0.05) is 72.7 Å². The molecule has 0 saturated carbocycles. The van der Waals surface area contributed by atoms with Gasteiger partial charge in [0.2, 0.25) is 0 Å². The summed E-state index contributed by atoms with van der Waals surface area (Å²) in [5, 5.41) is 3.71. The van der Waals surface area contributed by atoms with Gasteiger partial charge in [0.15, 0.2) is 4.96 Å². The van der Waals surface area contributed by atoms with Crippen LogP contribution in [0.15, 0.2) is 52.9 Å². The number of piperazine rings is 1. The first kappa shape index (κ1) is 17.6. The second-order valence-electron chi connectivity index (χ2n) is 6.90. The standard InChI is InChI=1S/C20H18ClN5OS/c21-14-1-2-16-17(11-14)22-4-3-18(16)25-7-5-24(6-8-25)13-15-12-19(27)26-9-10-28-20(26)23-15/h1-4,9-12H,5-8,13H2. The normalized spacial score (nSPS) is 15.5. The molecule has 1 aliphatic rings. The highest BCUT2D eigenvalue weighted by Crippen LogP contribution is 2.28. The molecule has 1 aromatic carbocycles. The van der Waals surface area contributed by atoms with Crippen molar-refractivity contribution in [3.8, 4) is 0 Å². The topological polar surface area (TPSA) is 53.7 Å². The van der Waals surface area contributed by atoms with Gasteiger partial charge in [-0.05, 0) is 24.3 Å².